The third-order valence-electron chi connectivity index (χ3n) is 3.28. The van der Waals surface area contributed by atoms with Gasteiger partial charge in [-0.25, -0.2) is 0 Å². The monoisotopic (exact) mass is 276 g/mol. The van der Waals surface area contributed by atoms with Crippen molar-refractivity contribution < 1.29 is 19.4 Å². The van der Waals surface area contributed by atoms with Crippen LogP contribution >= 0.6 is 0 Å². The first-order valence-corrected chi connectivity index (χ1v) is 6.63. The summed E-state index contributed by atoms with van der Waals surface area (Å²) >= 11 is 0. The maximum atomic E-state index is 12.3. The summed E-state index contributed by atoms with van der Waals surface area (Å²) in [6, 6.07) is 1.66. The molecule has 1 N–H and O–H groups in total. The molecular weight excluding hydrogens is 256 g/mol. The van der Waals surface area contributed by atoms with E-state index in [1.807, 2.05) is 19.9 Å². The predicted octanol–water partition coefficient (Wildman–Crippen LogP) is 3.42. The van der Waals surface area contributed by atoms with E-state index in [1.54, 1.807) is 26.0 Å². The van der Waals surface area contributed by atoms with E-state index in [1.165, 1.54) is 7.11 Å². The van der Waals surface area contributed by atoms with Crippen LogP contribution in [-0.4, -0.2) is 23.6 Å². The number of phenolic OH excluding ortho intramolecular Hbond substituents is 1. The van der Waals surface area contributed by atoms with Crippen LogP contribution in [0.4, 0.5) is 0 Å². The number of methoxy groups -OCH3 is 1. The summed E-state index contributed by atoms with van der Waals surface area (Å²) in [6.07, 6.45) is 3.63. The van der Waals surface area contributed by atoms with Crippen molar-refractivity contribution in [2.45, 2.75) is 33.3 Å². The van der Waals surface area contributed by atoms with Crippen LogP contribution in [0.25, 0.3) is 6.08 Å². The third kappa shape index (κ3) is 2.38. The number of carbonyl (C=O) groups excluding carboxylic acids is 1. The molecule has 0 saturated heterocycles. The van der Waals surface area contributed by atoms with Gasteiger partial charge >= 0.3 is 0 Å². The minimum absolute atomic E-state index is 0.0789. The number of benzene rings is 1. The molecule has 0 aliphatic carbocycles. The number of Topliss-reactive ketones (excluding diaryl/α,β-unsaturated/α-hetero) is 1. The molecule has 0 amide bonds. The molecular formula is C16H20O4. The number of phenols is 1. The summed E-state index contributed by atoms with van der Waals surface area (Å²) in [4.78, 5) is 12.3. The standard InChI is InChI=1S/C16H20O4/c1-9(2)14(17)13-12(19-5)8-11-10(15(13)18)6-7-16(3,4)20-11/h6-9,18H,1-5H3. The van der Waals surface area contributed by atoms with Gasteiger partial charge in [-0.2, -0.15) is 0 Å². The summed E-state index contributed by atoms with van der Waals surface area (Å²) in [6.45, 7) is 7.42. The van der Waals surface area contributed by atoms with E-state index < -0.39 is 5.60 Å². The molecule has 0 spiro atoms. The van der Waals surface area contributed by atoms with Gasteiger partial charge in [0.2, 0.25) is 0 Å². The Labute approximate surface area is 119 Å². The van der Waals surface area contributed by atoms with Crippen molar-refractivity contribution >= 4 is 11.9 Å². The van der Waals surface area contributed by atoms with Gasteiger partial charge in [-0.15, -0.1) is 0 Å². The van der Waals surface area contributed by atoms with E-state index in [0.717, 1.165) is 0 Å². The molecule has 1 aromatic rings. The van der Waals surface area contributed by atoms with Gasteiger partial charge in [0.1, 0.15) is 28.4 Å². The van der Waals surface area contributed by atoms with Gasteiger partial charge in [-0.1, -0.05) is 13.8 Å². The maximum absolute atomic E-state index is 12.3. The SMILES string of the molecule is COc1cc2c(c(O)c1C(=O)C(C)C)C=CC(C)(C)O2. The van der Waals surface area contributed by atoms with Gasteiger partial charge in [0, 0.05) is 12.0 Å². The lowest BCUT2D eigenvalue weighted by Gasteiger charge is -2.29. The summed E-state index contributed by atoms with van der Waals surface area (Å²) in [5.41, 5.74) is 0.289. The highest BCUT2D eigenvalue weighted by atomic mass is 16.5. The van der Waals surface area contributed by atoms with Crippen LogP contribution in [0.1, 0.15) is 43.6 Å². The maximum Gasteiger partial charge on any atom is 0.172 e. The van der Waals surface area contributed by atoms with E-state index in [4.69, 9.17) is 9.47 Å². The molecule has 1 aromatic carbocycles. The molecule has 108 valence electrons. The van der Waals surface area contributed by atoms with Crippen LogP contribution in [0.5, 0.6) is 17.2 Å². The quantitative estimate of drug-likeness (QED) is 0.859. The number of ether oxygens (including phenoxy) is 2. The zero-order valence-corrected chi connectivity index (χ0v) is 12.5. The van der Waals surface area contributed by atoms with Gasteiger partial charge in [0.25, 0.3) is 0 Å². The minimum atomic E-state index is -0.450. The molecule has 1 aliphatic heterocycles. The van der Waals surface area contributed by atoms with Crippen molar-refractivity contribution in [2.75, 3.05) is 7.11 Å². The molecule has 1 heterocycles. The first-order valence-electron chi connectivity index (χ1n) is 6.63. The fraction of sp³-hybridized carbons (Fsp3) is 0.438. The second-order valence-electron chi connectivity index (χ2n) is 5.77. The van der Waals surface area contributed by atoms with Crippen LogP contribution in [0.2, 0.25) is 0 Å². The molecule has 0 aromatic heterocycles. The Morgan fingerprint density at radius 1 is 1.40 bits per heavy atom. The van der Waals surface area contributed by atoms with Crippen LogP contribution in [0, 0.1) is 5.92 Å². The summed E-state index contributed by atoms with van der Waals surface area (Å²) in [5, 5.41) is 10.4. The van der Waals surface area contributed by atoms with Gasteiger partial charge in [-0.05, 0) is 26.0 Å². The van der Waals surface area contributed by atoms with Gasteiger partial charge in [0.05, 0.1) is 12.7 Å². The second-order valence-corrected chi connectivity index (χ2v) is 5.77. The molecule has 0 fully saturated rings. The number of rotatable bonds is 3. The van der Waals surface area contributed by atoms with Gasteiger partial charge in [-0.3, -0.25) is 4.79 Å². The Kier molecular flexibility index (Phi) is 3.50. The van der Waals surface area contributed by atoms with E-state index in [-0.39, 0.29) is 23.0 Å². The second kappa shape index (κ2) is 4.85. The Morgan fingerprint density at radius 2 is 2.05 bits per heavy atom. The number of carbonyl (C=O) groups is 1. The average molecular weight is 276 g/mol. The largest absolute Gasteiger partial charge is 0.506 e. The van der Waals surface area contributed by atoms with Crippen LogP contribution in [-0.2, 0) is 0 Å². The molecule has 20 heavy (non-hydrogen) atoms. The fourth-order valence-electron chi connectivity index (χ4n) is 2.17. The molecule has 0 bridgehead atoms. The van der Waals surface area contributed by atoms with Crippen molar-refractivity contribution in [3.8, 4) is 17.2 Å². The Morgan fingerprint density at radius 3 is 2.60 bits per heavy atom. The first kappa shape index (κ1) is 14.4. The van der Waals surface area contributed by atoms with Crippen molar-refractivity contribution in [3.63, 3.8) is 0 Å². The Balaban J connectivity index is 2.65. The third-order valence-corrected chi connectivity index (χ3v) is 3.28. The number of ketones is 1. The van der Waals surface area contributed by atoms with Crippen LogP contribution < -0.4 is 9.47 Å². The fourth-order valence-corrected chi connectivity index (χ4v) is 2.17. The van der Waals surface area contributed by atoms with Gasteiger partial charge < -0.3 is 14.6 Å². The summed E-state index contributed by atoms with van der Waals surface area (Å²) in [7, 11) is 1.47. The average Bonchev–Trinajstić information content (AvgIpc) is 2.36. The Bertz CT molecular complexity index is 583. The molecule has 0 saturated carbocycles. The van der Waals surface area contributed by atoms with E-state index in [9.17, 15) is 9.90 Å². The lowest BCUT2D eigenvalue weighted by molar-refractivity contribution is 0.0933. The molecule has 0 unspecified atom stereocenters. The minimum Gasteiger partial charge on any atom is -0.506 e. The molecule has 0 atom stereocenters. The lowest BCUT2D eigenvalue weighted by atomic mass is 9.94. The normalized spacial score (nSPS) is 15.7. The van der Waals surface area contributed by atoms with Crippen molar-refractivity contribution in [1.82, 2.24) is 0 Å². The lowest BCUT2D eigenvalue weighted by Crippen LogP contribution is -2.27. The number of fused-ring (bicyclic) bond motifs is 1. The van der Waals surface area contributed by atoms with E-state index >= 15 is 0 Å². The number of hydrogen-bond donors (Lipinski definition) is 1. The van der Waals surface area contributed by atoms with Gasteiger partial charge in [0.15, 0.2) is 5.78 Å². The highest BCUT2D eigenvalue weighted by Gasteiger charge is 2.29. The highest BCUT2D eigenvalue weighted by Crippen LogP contribution is 2.43. The number of hydrogen-bond acceptors (Lipinski definition) is 4. The molecule has 2 rings (SSSR count). The molecule has 0 radical (unpaired) electrons. The topological polar surface area (TPSA) is 55.8 Å². The van der Waals surface area contributed by atoms with Crippen molar-refractivity contribution in [1.29, 1.82) is 0 Å². The molecule has 1 aliphatic rings. The van der Waals surface area contributed by atoms with Crippen molar-refractivity contribution in [2.24, 2.45) is 5.92 Å². The summed E-state index contributed by atoms with van der Waals surface area (Å²) in [5.74, 6) is 0.404. The zero-order valence-electron chi connectivity index (χ0n) is 12.5. The van der Waals surface area contributed by atoms with Crippen LogP contribution in [0.3, 0.4) is 0 Å². The Hall–Kier alpha value is -1.97. The predicted molar refractivity (Wildman–Crippen MR) is 77.6 cm³/mol. The number of aromatic hydroxyl groups is 1. The van der Waals surface area contributed by atoms with Crippen molar-refractivity contribution in [3.05, 3.63) is 23.3 Å². The summed E-state index contributed by atoms with van der Waals surface area (Å²) < 4.78 is 11.0. The highest BCUT2D eigenvalue weighted by molar-refractivity contribution is 6.04. The smallest absolute Gasteiger partial charge is 0.172 e. The molecule has 4 nitrogen and oxygen atoms in total. The van der Waals surface area contributed by atoms with E-state index in [0.29, 0.717) is 17.1 Å². The zero-order chi connectivity index (χ0) is 15.1. The molecule has 4 heteroatoms. The first-order chi connectivity index (χ1) is 9.26. The van der Waals surface area contributed by atoms with Crippen LogP contribution in [0.15, 0.2) is 12.1 Å². The van der Waals surface area contributed by atoms with E-state index in [2.05, 4.69) is 0 Å².